The minimum Gasteiger partial charge on any atom is -0.393 e. The Balaban J connectivity index is 2.49. The average Bonchev–Trinajstić information content (AvgIpc) is 2.02. The fraction of sp³-hybridized carbons (Fsp3) is 1.00. The second-order valence-corrected chi connectivity index (χ2v) is 5.90. The zero-order chi connectivity index (χ0) is 10.8. The van der Waals surface area contributed by atoms with Crippen molar-refractivity contribution in [1.82, 2.24) is 0 Å². The van der Waals surface area contributed by atoms with E-state index in [2.05, 4.69) is 27.7 Å². The molecule has 0 saturated heterocycles. The van der Waals surface area contributed by atoms with Gasteiger partial charge in [0.25, 0.3) is 0 Å². The van der Waals surface area contributed by atoms with E-state index in [-0.39, 0.29) is 6.10 Å². The van der Waals surface area contributed by atoms with Gasteiger partial charge in [-0.1, -0.05) is 34.1 Å². The normalized spacial score (nSPS) is 34.1. The van der Waals surface area contributed by atoms with Gasteiger partial charge in [0.1, 0.15) is 0 Å². The Kier molecular flexibility index (Phi) is 4.00. The fourth-order valence-electron chi connectivity index (χ4n) is 3.05. The summed E-state index contributed by atoms with van der Waals surface area (Å²) in [5, 5.41) is 10.0. The van der Waals surface area contributed by atoms with E-state index in [0.717, 1.165) is 12.8 Å². The molecule has 1 fully saturated rings. The molecule has 0 aromatic heterocycles. The highest BCUT2D eigenvalue weighted by molar-refractivity contribution is 4.86. The van der Waals surface area contributed by atoms with Crippen molar-refractivity contribution in [2.24, 2.45) is 17.3 Å². The van der Waals surface area contributed by atoms with Crippen LogP contribution in [0.4, 0.5) is 0 Å². The fourth-order valence-corrected chi connectivity index (χ4v) is 3.05. The van der Waals surface area contributed by atoms with Gasteiger partial charge in [-0.15, -0.1) is 0 Å². The number of hydrogen-bond acceptors (Lipinski definition) is 1. The van der Waals surface area contributed by atoms with E-state index >= 15 is 0 Å². The molecule has 0 aromatic rings. The third kappa shape index (κ3) is 2.98. The minimum atomic E-state index is -0.0499. The molecule has 0 amide bonds. The zero-order valence-corrected chi connectivity index (χ0v) is 10.2. The summed E-state index contributed by atoms with van der Waals surface area (Å²) in [4.78, 5) is 0. The lowest BCUT2D eigenvalue weighted by Gasteiger charge is -2.41. The maximum atomic E-state index is 10.0. The van der Waals surface area contributed by atoms with Crippen molar-refractivity contribution in [3.63, 3.8) is 0 Å². The first-order valence-corrected chi connectivity index (χ1v) is 6.14. The van der Waals surface area contributed by atoms with Crippen molar-refractivity contribution in [3.8, 4) is 0 Å². The molecule has 1 N–H and O–H groups in total. The predicted octanol–water partition coefficient (Wildman–Crippen LogP) is 3.61. The van der Waals surface area contributed by atoms with Crippen LogP contribution < -0.4 is 0 Å². The first kappa shape index (κ1) is 12.0. The first-order chi connectivity index (χ1) is 6.46. The molecule has 1 nitrogen and oxygen atoms in total. The van der Waals surface area contributed by atoms with E-state index in [9.17, 15) is 5.11 Å². The molecule has 0 radical (unpaired) electrons. The molecule has 14 heavy (non-hydrogen) atoms. The Morgan fingerprint density at radius 2 is 2.07 bits per heavy atom. The third-order valence-corrected chi connectivity index (χ3v) is 3.84. The van der Waals surface area contributed by atoms with E-state index in [0.29, 0.717) is 17.3 Å². The SMILES string of the molecule is CCCC(O)C1CCC(C)(C)CC1C. The van der Waals surface area contributed by atoms with Crippen LogP contribution in [0.25, 0.3) is 0 Å². The topological polar surface area (TPSA) is 20.2 Å². The van der Waals surface area contributed by atoms with Crippen molar-refractivity contribution in [3.05, 3.63) is 0 Å². The second kappa shape index (κ2) is 4.65. The van der Waals surface area contributed by atoms with Crippen molar-refractivity contribution in [2.45, 2.75) is 65.9 Å². The lowest BCUT2D eigenvalue weighted by Crippen LogP contribution is -2.35. The van der Waals surface area contributed by atoms with E-state index in [1.54, 1.807) is 0 Å². The summed E-state index contributed by atoms with van der Waals surface area (Å²) in [6, 6.07) is 0. The van der Waals surface area contributed by atoms with Gasteiger partial charge in [0.15, 0.2) is 0 Å². The van der Waals surface area contributed by atoms with Gasteiger partial charge in [-0.2, -0.15) is 0 Å². The standard InChI is InChI=1S/C13H26O/c1-5-6-12(14)11-7-8-13(3,4)9-10(11)2/h10-12,14H,5-9H2,1-4H3. The van der Waals surface area contributed by atoms with Crippen LogP contribution in [0.5, 0.6) is 0 Å². The van der Waals surface area contributed by atoms with E-state index < -0.39 is 0 Å². The molecule has 1 heteroatoms. The predicted molar refractivity (Wildman–Crippen MR) is 61.2 cm³/mol. The van der Waals surface area contributed by atoms with Crippen molar-refractivity contribution >= 4 is 0 Å². The molecule has 1 saturated carbocycles. The molecule has 3 atom stereocenters. The number of hydrogen-bond donors (Lipinski definition) is 1. The Morgan fingerprint density at radius 1 is 1.43 bits per heavy atom. The van der Waals surface area contributed by atoms with Gasteiger partial charge >= 0.3 is 0 Å². The smallest absolute Gasteiger partial charge is 0.0570 e. The molecule has 0 bridgehead atoms. The van der Waals surface area contributed by atoms with Crippen LogP contribution >= 0.6 is 0 Å². The highest BCUT2D eigenvalue weighted by atomic mass is 16.3. The summed E-state index contributed by atoms with van der Waals surface area (Å²) in [7, 11) is 0. The number of aliphatic hydroxyl groups is 1. The molecule has 1 aliphatic carbocycles. The van der Waals surface area contributed by atoms with E-state index in [1.807, 2.05) is 0 Å². The Bertz CT molecular complexity index is 174. The Morgan fingerprint density at radius 3 is 2.57 bits per heavy atom. The lowest BCUT2D eigenvalue weighted by molar-refractivity contribution is 0.0152. The summed E-state index contributed by atoms with van der Waals surface area (Å²) in [5.74, 6) is 1.25. The van der Waals surface area contributed by atoms with Gasteiger partial charge in [0, 0.05) is 0 Å². The van der Waals surface area contributed by atoms with Crippen LogP contribution in [-0.4, -0.2) is 11.2 Å². The zero-order valence-electron chi connectivity index (χ0n) is 10.2. The molecular weight excluding hydrogens is 172 g/mol. The number of aliphatic hydroxyl groups excluding tert-OH is 1. The van der Waals surface area contributed by atoms with Crippen molar-refractivity contribution < 1.29 is 5.11 Å². The quantitative estimate of drug-likeness (QED) is 0.734. The van der Waals surface area contributed by atoms with Gasteiger partial charge in [0.05, 0.1) is 6.10 Å². The molecule has 3 unspecified atom stereocenters. The third-order valence-electron chi connectivity index (χ3n) is 3.84. The molecule has 0 aromatic carbocycles. The van der Waals surface area contributed by atoms with E-state index in [4.69, 9.17) is 0 Å². The molecule has 1 rings (SSSR count). The van der Waals surface area contributed by atoms with Crippen LogP contribution in [-0.2, 0) is 0 Å². The number of rotatable bonds is 3. The lowest BCUT2D eigenvalue weighted by atomic mass is 9.66. The van der Waals surface area contributed by atoms with E-state index in [1.165, 1.54) is 19.3 Å². The maximum absolute atomic E-state index is 10.0. The Labute approximate surface area is 88.9 Å². The summed E-state index contributed by atoms with van der Waals surface area (Å²) < 4.78 is 0. The Hall–Kier alpha value is -0.0400. The highest BCUT2D eigenvalue weighted by Gasteiger charge is 2.35. The van der Waals surface area contributed by atoms with Crippen molar-refractivity contribution in [2.75, 3.05) is 0 Å². The second-order valence-electron chi connectivity index (χ2n) is 5.90. The van der Waals surface area contributed by atoms with Gasteiger partial charge in [0.2, 0.25) is 0 Å². The summed E-state index contributed by atoms with van der Waals surface area (Å²) in [5.41, 5.74) is 0.502. The van der Waals surface area contributed by atoms with Crippen LogP contribution in [0.15, 0.2) is 0 Å². The molecule has 0 spiro atoms. The summed E-state index contributed by atoms with van der Waals surface area (Å²) in [6.07, 6.45) is 5.81. The summed E-state index contributed by atoms with van der Waals surface area (Å²) >= 11 is 0. The van der Waals surface area contributed by atoms with Crippen molar-refractivity contribution in [1.29, 1.82) is 0 Å². The minimum absolute atomic E-state index is 0.0499. The monoisotopic (exact) mass is 198 g/mol. The van der Waals surface area contributed by atoms with Crippen LogP contribution in [0.2, 0.25) is 0 Å². The molecule has 0 aliphatic heterocycles. The summed E-state index contributed by atoms with van der Waals surface area (Å²) in [6.45, 7) is 9.17. The molecule has 1 aliphatic rings. The molecule has 84 valence electrons. The first-order valence-electron chi connectivity index (χ1n) is 6.14. The molecular formula is C13H26O. The van der Waals surface area contributed by atoms with Gasteiger partial charge in [-0.3, -0.25) is 0 Å². The van der Waals surface area contributed by atoms with Crippen LogP contribution in [0, 0.1) is 17.3 Å². The van der Waals surface area contributed by atoms with Crippen LogP contribution in [0.3, 0.4) is 0 Å². The average molecular weight is 198 g/mol. The molecule has 0 heterocycles. The van der Waals surface area contributed by atoms with Gasteiger partial charge in [-0.05, 0) is 42.9 Å². The highest BCUT2D eigenvalue weighted by Crippen LogP contribution is 2.43. The van der Waals surface area contributed by atoms with Crippen LogP contribution in [0.1, 0.15) is 59.8 Å². The maximum Gasteiger partial charge on any atom is 0.0570 e. The van der Waals surface area contributed by atoms with Gasteiger partial charge < -0.3 is 5.11 Å². The largest absolute Gasteiger partial charge is 0.393 e. The van der Waals surface area contributed by atoms with Gasteiger partial charge in [-0.25, -0.2) is 0 Å².